The Balaban J connectivity index is 2.86. The largest absolute Gasteiger partial charge is 0.346 e. The van der Waals surface area contributed by atoms with Crippen LogP contribution < -0.4 is 0 Å². The van der Waals surface area contributed by atoms with Crippen molar-refractivity contribution in [3.63, 3.8) is 0 Å². The van der Waals surface area contributed by atoms with E-state index in [-0.39, 0.29) is 5.16 Å². The van der Waals surface area contributed by atoms with E-state index in [1.165, 1.54) is 0 Å². The summed E-state index contributed by atoms with van der Waals surface area (Å²) in [4.78, 5) is 10.9. The summed E-state index contributed by atoms with van der Waals surface area (Å²) < 4.78 is 22.6. The standard InChI is InChI=1S/C9H11N3O2S/c1-5-4-10-8-7(5)6(2)11-9(12-8)15(3,13)14/h4H,1-3H3,(H,10,11,12). The second kappa shape index (κ2) is 3.03. The molecule has 0 saturated heterocycles. The summed E-state index contributed by atoms with van der Waals surface area (Å²) in [7, 11) is -3.35. The lowest BCUT2D eigenvalue weighted by Gasteiger charge is -2.00. The lowest BCUT2D eigenvalue weighted by Crippen LogP contribution is -2.05. The molecule has 0 aliphatic rings. The quantitative estimate of drug-likeness (QED) is 0.734. The molecule has 15 heavy (non-hydrogen) atoms. The number of fused-ring (bicyclic) bond motifs is 1. The maximum Gasteiger partial charge on any atom is 0.249 e. The number of aryl methyl sites for hydroxylation is 2. The normalized spacial score (nSPS) is 12.2. The smallest absolute Gasteiger partial charge is 0.249 e. The number of rotatable bonds is 1. The van der Waals surface area contributed by atoms with Crippen molar-refractivity contribution in [2.24, 2.45) is 0 Å². The van der Waals surface area contributed by atoms with Gasteiger partial charge in [0.05, 0.1) is 5.69 Å². The second-order valence-electron chi connectivity index (χ2n) is 3.56. The molecule has 0 aromatic carbocycles. The van der Waals surface area contributed by atoms with Crippen molar-refractivity contribution >= 4 is 20.9 Å². The summed E-state index contributed by atoms with van der Waals surface area (Å²) in [5, 5.41) is 0.761. The first kappa shape index (κ1) is 10.1. The van der Waals surface area contributed by atoms with Gasteiger partial charge in [0.2, 0.25) is 15.0 Å². The molecule has 0 aliphatic heterocycles. The number of nitrogens with one attached hydrogen (secondary N) is 1. The Labute approximate surface area is 87.5 Å². The van der Waals surface area contributed by atoms with Crippen molar-refractivity contribution in [3.8, 4) is 0 Å². The fourth-order valence-corrected chi connectivity index (χ4v) is 2.10. The first-order valence-electron chi connectivity index (χ1n) is 4.42. The average molecular weight is 225 g/mol. The predicted octanol–water partition coefficient (Wildman–Crippen LogP) is 0.978. The number of H-pyrrole nitrogens is 1. The van der Waals surface area contributed by atoms with E-state index in [4.69, 9.17) is 0 Å². The second-order valence-corrected chi connectivity index (χ2v) is 5.47. The molecule has 2 aromatic heterocycles. The van der Waals surface area contributed by atoms with Crippen molar-refractivity contribution in [3.05, 3.63) is 17.5 Å². The third-order valence-corrected chi connectivity index (χ3v) is 3.07. The van der Waals surface area contributed by atoms with Gasteiger partial charge in [0.25, 0.3) is 0 Å². The van der Waals surface area contributed by atoms with Crippen LogP contribution in [0.3, 0.4) is 0 Å². The Hall–Kier alpha value is -1.43. The minimum atomic E-state index is -3.35. The van der Waals surface area contributed by atoms with E-state index in [1.54, 1.807) is 13.1 Å². The molecule has 0 unspecified atom stereocenters. The van der Waals surface area contributed by atoms with Crippen LogP contribution in [0.5, 0.6) is 0 Å². The molecule has 0 amide bonds. The third kappa shape index (κ3) is 1.61. The Kier molecular flexibility index (Phi) is 2.04. The van der Waals surface area contributed by atoms with Crippen molar-refractivity contribution in [2.75, 3.05) is 6.26 Å². The first-order chi connectivity index (χ1) is 6.89. The molecule has 0 fully saturated rings. The lowest BCUT2D eigenvalue weighted by molar-refractivity contribution is 0.593. The zero-order chi connectivity index (χ0) is 11.2. The highest BCUT2D eigenvalue weighted by Crippen LogP contribution is 2.19. The van der Waals surface area contributed by atoms with Crippen LogP contribution in [0.15, 0.2) is 11.4 Å². The SMILES string of the molecule is Cc1c[nH]c2nc(S(C)(=O)=O)nc(C)c12. The molecule has 80 valence electrons. The van der Waals surface area contributed by atoms with Crippen LogP contribution in [-0.2, 0) is 9.84 Å². The van der Waals surface area contributed by atoms with Crippen LogP contribution >= 0.6 is 0 Å². The highest BCUT2D eigenvalue weighted by atomic mass is 32.2. The zero-order valence-corrected chi connectivity index (χ0v) is 9.51. The van der Waals surface area contributed by atoms with Crippen LogP contribution in [0, 0.1) is 13.8 Å². The number of aromatic nitrogens is 3. The topological polar surface area (TPSA) is 75.7 Å². The lowest BCUT2D eigenvalue weighted by atomic mass is 10.2. The fraction of sp³-hybridized carbons (Fsp3) is 0.333. The van der Waals surface area contributed by atoms with Crippen LogP contribution in [-0.4, -0.2) is 29.6 Å². The molecular formula is C9H11N3O2S. The van der Waals surface area contributed by atoms with E-state index in [9.17, 15) is 8.42 Å². The maximum atomic E-state index is 11.3. The average Bonchev–Trinajstić information content (AvgIpc) is 2.46. The monoisotopic (exact) mass is 225 g/mol. The molecule has 0 saturated carbocycles. The van der Waals surface area contributed by atoms with Crippen molar-refractivity contribution in [1.29, 1.82) is 0 Å². The third-order valence-electron chi connectivity index (χ3n) is 2.22. The van der Waals surface area contributed by atoms with Gasteiger partial charge < -0.3 is 4.98 Å². The predicted molar refractivity (Wildman–Crippen MR) is 56.5 cm³/mol. The number of hydrogen-bond donors (Lipinski definition) is 1. The molecule has 5 nitrogen and oxygen atoms in total. The van der Waals surface area contributed by atoms with E-state index in [1.807, 2.05) is 6.92 Å². The molecular weight excluding hydrogens is 214 g/mol. The Morgan fingerprint density at radius 1 is 1.27 bits per heavy atom. The molecule has 0 aliphatic carbocycles. The molecule has 2 aromatic rings. The van der Waals surface area contributed by atoms with Gasteiger partial charge in [0.15, 0.2) is 0 Å². The molecule has 0 bridgehead atoms. The van der Waals surface area contributed by atoms with E-state index in [0.29, 0.717) is 11.3 Å². The molecule has 6 heteroatoms. The molecule has 1 N–H and O–H groups in total. The fourth-order valence-electron chi connectivity index (χ4n) is 1.54. The van der Waals surface area contributed by atoms with Gasteiger partial charge in [-0.2, -0.15) is 0 Å². The van der Waals surface area contributed by atoms with E-state index in [0.717, 1.165) is 17.2 Å². The van der Waals surface area contributed by atoms with Gasteiger partial charge in [-0.25, -0.2) is 18.4 Å². The zero-order valence-electron chi connectivity index (χ0n) is 8.70. The molecule has 2 heterocycles. The Bertz CT molecular complexity index is 628. The first-order valence-corrected chi connectivity index (χ1v) is 6.31. The van der Waals surface area contributed by atoms with Gasteiger partial charge in [-0.05, 0) is 19.4 Å². The van der Waals surface area contributed by atoms with Crippen LogP contribution in [0.25, 0.3) is 11.0 Å². The summed E-state index contributed by atoms with van der Waals surface area (Å²) in [5.41, 5.74) is 2.27. The molecule has 0 atom stereocenters. The van der Waals surface area contributed by atoms with E-state index in [2.05, 4.69) is 15.0 Å². The van der Waals surface area contributed by atoms with Crippen molar-refractivity contribution < 1.29 is 8.42 Å². The van der Waals surface area contributed by atoms with E-state index >= 15 is 0 Å². The van der Waals surface area contributed by atoms with Gasteiger partial charge in [-0.3, -0.25) is 0 Å². The summed E-state index contributed by atoms with van der Waals surface area (Å²) >= 11 is 0. The summed E-state index contributed by atoms with van der Waals surface area (Å²) in [6, 6.07) is 0. The van der Waals surface area contributed by atoms with Crippen LogP contribution in [0.1, 0.15) is 11.3 Å². The molecule has 2 rings (SSSR count). The van der Waals surface area contributed by atoms with Gasteiger partial charge in [-0.15, -0.1) is 0 Å². The molecule has 0 spiro atoms. The summed E-state index contributed by atoms with van der Waals surface area (Å²) in [6.45, 7) is 3.70. The van der Waals surface area contributed by atoms with Crippen molar-refractivity contribution in [2.45, 2.75) is 19.0 Å². The minimum absolute atomic E-state index is 0.130. The van der Waals surface area contributed by atoms with Crippen LogP contribution in [0.4, 0.5) is 0 Å². The van der Waals surface area contributed by atoms with Gasteiger partial charge >= 0.3 is 0 Å². The minimum Gasteiger partial charge on any atom is -0.346 e. The van der Waals surface area contributed by atoms with E-state index < -0.39 is 9.84 Å². The van der Waals surface area contributed by atoms with Gasteiger partial charge in [0.1, 0.15) is 5.65 Å². The Morgan fingerprint density at radius 3 is 2.53 bits per heavy atom. The number of hydrogen-bond acceptors (Lipinski definition) is 4. The maximum absolute atomic E-state index is 11.3. The number of sulfone groups is 1. The van der Waals surface area contributed by atoms with Crippen molar-refractivity contribution in [1.82, 2.24) is 15.0 Å². The summed E-state index contributed by atoms with van der Waals surface area (Å²) in [6.07, 6.45) is 2.89. The summed E-state index contributed by atoms with van der Waals surface area (Å²) in [5.74, 6) is 0. The number of aromatic amines is 1. The number of nitrogens with zero attached hydrogens (tertiary/aromatic N) is 2. The van der Waals surface area contributed by atoms with Gasteiger partial charge in [-0.1, -0.05) is 0 Å². The van der Waals surface area contributed by atoms with Crippen LogP contribution in [0.2, 0.25) is 0 Å². The Morgan fingerprint density at radius 2 is 1.93 bits per heavy atom. The highest BCUT2D eigenvalue weighted by Gasteiger charge is 2.15. The molecule has 0 radical (unpaired) electrons. The highest BCUT2D eigenvalue weighted by molar-refractivity contribution is 7.90. The van der Waals surface area contributed by atoms with Gasteiger partial charge in [0, 0.05) is 17.8 Å².